The molecule has 1 aromatic carbocycles. The van der Waals surface area contributed by atoms with Crippen LogP contribution in [0.15, 0.2) is 55.1 Å². The lowest BCUT2D eigenvalue weighted by molar-refractivity contribution is 0.0995. The highest BCUT2D eigenvalue weighted by Gasteiger charge is 2.39. The Labute approximate surface area is 213 Å². The molecular formula is C26H35ClN4O3Si. The molecule has 3 aromatic rings. The highest BCUT2D eigenvalue weighted by molar-refractivity contribution is 6.74. The normalized spacial score (nSPS) is 13.0. The number of imidazole rings is 1. The summed E-state index contributed by atoms with van der Waals surface area (Å²) in [5.74, 6) is 0.274. The van der Waals surface area contributed by atoms with Gasteiger partial charge in [0.15, 0.2) is 8.32 Å². The molecule has 1 atom stereocenters. The molecule has 2 aromatic heterocycles. The summed E-state index contributed by atoms with van der Waals surface area (Å²) in [5.41, 5.74) is 7.63. The van der Waals surface area contributed by atoms with Crippen molar-refractivity contribution in [2.45, 2.75) is 64.4 Å². The van der Waals surface area contributed by atoms with E-state index in [4.69, 9.17) is 26.5 Å². The van der Waals surface area contributed by atoms with Gasteiger partial charge >= 0.3 is 0 Å². The first-order valence-corrected chi connectivity index (χ1v) is 15.1. The molecule has 0 fully saturated rings. The molecule has 188 valence electrons. The summed E-state index contributed by atoms with van der Waals surface area (Å²) in [6, 6.07) is 11.7. The number of ether oxygens (including phenoxy) is 1. The average Bonchev–Trinajstić information content (AvgIpc) is 3.25. The number of halogens is 1. The summed E-state index contributed by atoms with van der Waals surface area (Å²) < 4.78 is 14.6. The van der Waals surface area contributed by atoms with E-state index in [-0.39, 0.29) is 16.8 Å². The second kappa shape index (κ2) is 11.4. The number of amides is 1. The van der Waals surface area contributed by atoms with Crippen molar-refractivity contribution in [2.24, 2.45) is 5.73 Å². The summed E-state index contributed by atoms with van der Waals surface area (Å²) in [6.07, 6.45) is 6.68. The number of primary amides is 1. The number of nitrogens with zero attached hydrogens (tertiary/aromatic N) is 3. The van der Waals surface area contributed by atoms with Crippen LogP contribution < -0.4 is 10.5 Å². The average molecular weight is 515 g/mol. The van der Waals surface area contributed by atoms with Crippen molar-refractivity contribution in [2.75, 3.05) is 6.61 Å². The van der Waals surface area contributed by atoms with E-state index in [1.54, 1.807) is 24.8 Å². The van der Waals surface area contributed by atoms with Crippen molar-refractivity contribution in [3.63, 3.8) is 0 Å². The van der Waals surface area contributed by atoms with E-state index in [2.05, 4.69) is 43.8 Å². The third-order valence-corrected chi connectivity index (χ3v) is 11.2. The van der Waals surface area contributed by atoms with Crippen LogP contribution in [0, 0.1) is 0 Å². The molecule has 0 aliphatic heterocycles. The van der Waals surface area contributed by atoms with Crippen LogP contribution in [0.4, 0.5) is 0 Å². The topological polar surface area (TPSA) is 92.3 Å². The zero-order chi connectivity index (χ0) is 25.6. The molecule has 0 aliphatic carbocycles. The number of carbonyl (C=O) groups is 1. The molecule has 1 amide bonds. The van der Waals surface area contributed by atoms with E-state index in [1.165, 1.54) is 0 Å². The molecule has 9 heteroatoms. The number of hydrogen-bond donors (Lipinski definition) is 1. The summed E-state index contributed by atoms with van der Waals surface area (Å²) in [6.45, 7) is 12.3. The molecule has 0 bridgehead atoms. The van der Waals surface area contributed by atoms with Crippen molar-refractivity contribution in [1.82, 2.24) is 14.5 Å². The van der Waals surface area contributed by atoms with E-state index in [0.29, 0.717) is 18.3 Å². The number of hydrogen-bond acceptors (Lipinski definition) is 5. The Hall–Kier alpha value is -2.68. The second-order valence-corrected chi connectivity index (χ2v) is 15.4. The van der Waals surface area contributed by atoms with Gasteiger partial charge in [0.05, 0.1) is 19.0 Å². The largest absolute Gasteiger partial charge is 0.494 e. The van der Waals surface area contributed by atoms with Crippen LogP contribution in [0.2, 0.25) is 23.3 Å². The number of carbonyl (C=O) groups excluding carboxylic acids is 1. The maximum Gasteiger partial charge on any atom is 0.268 e. The smallest absolute Gasteiger partial charge is 0.268 e. The summed E-state index contributed by atoms with van der Waals surface area (Å²) in [4.78, 5) is 19.7. The molecular weight excluding hydrogens is 480 g/mol. The molecule has 0 spiro atoms. The first-order valence-electron chi connectivity index (χ1n) is 11.8. The van der Waals surface area contributed by atoms with Crippen molar-refractivity contribution >= 4 is 25.8 Å². The minimum absolute atomic E-state index is 0.0269. The van der Waals surface area contributed by atoms with Gasteiger partial charge in [-0.1, -0.05) is 44.5 Å². The fourth-order valence-corrected chi connectivity index (χ4v) is 4.91. The lowest BCUT2D eigenvalue weighted by Gasteiger charge is -2.39. The number of pyridine rings is 1. The lowest BCUT2D eigenvalue weighted by atomic mass is 10.1. The number of rotatable bonds is 11. The van der Waals surface area contributed by atoms with E-state index in [9.17, 15) is 4.79 Å². The van der Waals surface area contributed by atoms with Crippen LogP contribution in [0.1, 0.15) is 44.1 Å². The van der Waals surface area contributed by atoms with Crippen LogP contribution in [0.3, 0.4) is 0 Å². The summed E-state index contributed by atoms with van der Waals surface area (Å²) >= 11 is 5.90. The highest BCUT2D eigenvalue weighted by atomic mass is 35.5. The second-order valence-electron chi connectivity index (χ2n) is 10.2. The van der Waals surface area contributed by atoms with Crippen LogP contribution >= 0.6 is 11.6 Å². The van der Waals surface area contributed by atoms with Gasteiger partial charge in [0.2, 0.25) is 0 Å². The van der Waals surface area contributed by atoms with Gasteiger partial charge in [0, 0.05) is 24.5 Å². The maximum atomic E-state index is 11.4. The fourth-order valence-electron chi connectivity index (χ4n) is 3.42. The number of benzene rings is 1. The van der Waals surface area contributed by atoms with E-state index < -0.39 is 14.2 Å². The highest BCUT2D eigenvalue weighted by Crippen LogP contribution is 2.38. The Balaban J connectivity index is 1.62. The Morgan fingerprint density at radius 3 is 2.57 bits per heavy atom. The van der Waals surface area contributed by atoms with Crippen molar-refractivity contribution in [1.29, 1.82) is 0 Å². The molecule has 35 heavy (non-hydrogen) atoms. The van der Waals surface area contributed by atoms with E-state index in [1.807, 2.05) is 34.9 Å². The van der Waals surface area contributed by atoms with Gasteiger partial charge in [0.25, 0.3) is 5.91 Å². The van der Waals surface area contributed by atoms with Crippen LogP contribution in [-0.4, -0.2) is 41.5 Å². The van der Waals surface area contributed by atoms with E-state index >= 15 is 0 Å². The quantitative estimate of drug-likeness (QED) is 0.194. The van der Waals surface area contributed by atoms with Crippen molar-refractivity contribution < 1.29 is 14.0 Å². The lowest BCUT2D eigenvalue weighted by Crippen LogP contribution is -2.45. The zero-order valence-electron chi connectivity index (χ0n) is 21.1. The molecule has 7 nitrogen and oxygen atoms in total. The van der Waals surface area contributed by atoms with E-state index in [0.717, 1.165) is 29.7 Å². The summed E-state index contributed by atoms with van der Waals surface area (Å²) in [7, 11) is -1.99. The van der Waals surface area contributed by atoms with Crippen molar-refractivity contribution in [3.8, 4) is 16.9 Å². The minimum atomic E-state index is -1.99. The molecule has 0 saturated heterocycles. The maximum absolute atomic E-state index is 11.4. The van der Waals surface area contributed by atoms with Gasteiger partial charge in [-0.2, -0.15) is 0 Å². The molecule has 0 radical (unpaired) electrons. The predicted octanol–water partition coefficient (Wildman–Crippen LogP) is 5.95. The van der Waals surface area contributed by atoms with Gasteiger partial charge < -0.3 is 19.5 Å². The number of nitrogens with two attached hydrogens (primary N) is 1. The first kappa shape index (κ1) is 26.9. The standard InChI is InChI=1S/C26H35ClN4O3Si/c1-26(2,3)35(4,5)34-22(16-31-17-23(25(28)32)30-18-31)10-7-13-33-21-9-6-8-19(14-21)20-11-12-24(27)29-15-20/h6,8-9,11-12,14-15,17-18,22H,7,10,13,16H2,1-5H3,(H2,28,32). The summed E-state index contributed by atoms with van der Waals surface area (Å²) in [5, 5.41) is 0.559. The fraction of sp³-hybridized carbons (Fsp3) is 0.423. The Kier molecular flexibility index (Phi) is 8.74. The molecule has 0 aliphatic rings. The van der Waals surface area contributed by atoms with Gasteiger partial charge in [-0.15, -0.1) is 0 Å². The Morgan fingerprint density at radius 1 is 1.17 bits per heavy atom. The van der Waals surface area contributed by atoms with Gasteiger partial charge in [0.1, 0.15) is 16.6 Å². The van der Waals surface area contributed by atoms with Crippen LogP contribution in [0.5, 0.6) is 5.75 Å². The van der Waals surface area contributed by atoms with Crippen LogP contribution in [0.25, 0.3) is 11.1 Å². The number of aromatic nitrogens is 3. The third kappa shape index (κ3) is 7.65. The molecule has 2 heterocycles. The van der Waals surface area contributed by atoms with Crippen molar-refractivity contribution in [3.05, 3.63) is 66.0 Å². The van der Waals surface area contributed by atoms with Gasteiger partial charge in [-0.25, -0.2) is 9.97 Å². The molecule has 3 rings (SSSR count). The third-order valence-electron chi connectivity index (χ3n) is 6.40. The molecule has 2 N–H and O–H groups in total. The van der Waals surface area contributed by atoms with Crippen LogP contribution in [-0.2, 0) is 11.0 Å². The van der Waals surface area contributed by atoms with Gasteiger partial charge in [-0.05, 0) is 60.8 Å². The Bertz CT molecular complexity index is 1130. The minimum Gasteiger partial charge on any atom is -0.494 e. The molecule has 1 unspecified atom stereocenters. The zero-order valence-corrected chi connectivity index (χ0v) is 22.9. The monoisotopic (exact) mass is 514 g/mol. The molecule has 0 saturated carbocycles. The predicted molar refractivity (Wildman–Crippen MR) is 142 cm³/mol. The first-order chi connectivity index (χ1) is 16.4. The Morgan fingerprint density at radius 2 is 1.94 bits per heavy atom. The van der Waals surface area contributed by atoms with Gasteiger partial charge in [-0.3, -0.25) is 4.79 Å². The SMILES string of the molecule is CC(C)(C)[Si](C)(C)OC(CCCOc1cccc(-c2ccc(Cl)nc2)c1)Cn1cnc(C(N)=O)c1.